The van der Waals surface area contributed by atoms with E-state index in [2.05, 4.69) is 5.32 Å². The van der Waals surface area contributed by atoms with Crippen molar-refractivity contribution in [2.75, 3.05) is 15.9 Å². The summed E-state index contributed by atoms with van der Waals surface area (Å²) in [5.41, 5.74) is 6.45. The normalized spacial score (nSPS) is 11.2. The van der Waals surface area contributed by atoms with Crippen LogP contribution in [0.25, 0.3) is 11.1 Å². The Morgan fingerprint density at radius 2 is 1.37 bits per heavy atom. The van der Waals surface area contributed by atoms with Crippen molar-refractivity contribution in [3.05, 3.63) is 119 Å². The molecule has 1 N–H and O–H groups in total. The van der Waals surface area contributed by atoms with Gasteiger partial charge in [-0.15, -0.1) is 0 Å². The van der Waals surface area contributed by atoms with Crippen LogP contribution < -0.4 is 9.62 Å². The largest absolute Gasteiger partial charge is 0.321 e. The van der Waals surface area contributed by atoms with Gasteiger partial charge in [0.25, 0.3) is 5.91 Å². The summed E-state index contributed by atoms with van der Waals surface area (Å²) in [5, 5.41) is 3.01. The first-order valence-corrected chi connectivity index (χ1v) is 13.2. The lowest BCUT2D eigenvalue weighted by Gasteiger charge is -2.26. The van der Waals surface area contributed by atoms with E-state index in [9.17, 15) is 13.2 Å². The van der Waals surface area contributed by atoms with E-state index in [-0.39, 0.29) is 12.5 Å². The van der Waals surface area contributed by atoms with Gasteiger partial charge in [0, 0.05) is 16.8 Å². The maximum Gasteiger partial charge on any atom is 0.255 e. The molecule has 178 valence electrons. The van der Waals surface area contributed by atoms with Crippen molar-refractivity contribution in [1.82, 2.24) is 0 Å². The molecule has 0 aliphatic heterocycles. The Morgan fingerprint density at radius 3 is 2.00 bits per heavy atom. The molecule has 0 radical (unpaired) electrons. The summed E-state index contributed by atoms with van der Waals surface area (Å²) in [6.45, 7) is 3.99. The van der Waals surface area contributed by atoms with Crippen molar-refractivity contribution < 1.29 is 13.2 Å². The quantitative estimate of drug-likeness (QED) is 0.340. The number of benzene rings is 4. The Balaban J connectivity index is 1.55. The third-order valence-corrected chi connectivity index (χ3v) is 7.00. The molecule has 4 aromatic carbocycles. The molecule has 0 bridgehead atoms. The Morgan fingerprint density at radius 1 is 0.771 bits per heavy atom. The number of carbonyl (C=O) groups excluding carboxylic acids is 1. The number of rotatable bonds is 7. The molecular formula is C29H28N2O3S. The van der Waals surface area contributed by atoms with Crippen molar-refractivity contribution in [2.45, 2.75) is 20.4 Å². The standard InChI is InChI=1S/C29H28N2O3S/c1-21-10-9-11-22(2)28(21)31(35(3,33)34)20-23-16-18-25(19-17-23)29(32)30-27-15-8-7-14-26(27)24-12-5-4-6-13-24/h4-19H,20H2,1-3H3,(H,30,32). The van der Waals surface area contributed by atoms with E-state index in [4.69, 9.17) is 0 Å². The van der Waals surface area contributed by atoms with Crippen LogP contribution in [-0.2, 0) is 16.6 Å². The highest BCUT2D eigenvalue weighted by Crippen LogP contribution is 2.29. The van der Waals surface area contributed by atoms with Crippen molar-refractivity contribution in [3.63, 3.8) is 0 Å². The van der Waals surface area contributed by atoms with Gasteiger partial charge in [-0.1, -0.05) is 78.9 Å². The van der Waals surface area contributed by atoms with E-state index >= 15 is 0 Å². The summed E-state index contributed by atoms with van der Waals surface area (Å²) in [7, 11) is -3.51. The van der Waals surface area contributed by atoms with Gasteiger partial charge in [-0.25, -0.2) is 8.42 Å². The number of hydrogen-bond acceptors (Lipinski definition) is 3. The number of hydrogen-bond donors (Lipinski definition) is 1. The number of para-hydroxylation sites is 2. The van der Waals surface area contributed by atoms with Crippen LogP contribution in [0.3, 0.4) is 0 Å². The molecule has 0 saturated carbocycles. The molecule has 4 aromatic rings. The topological polar surface area (TPSA) is 66.5 Å². The van der Waals surface area contributed by atoms with Crippen LogP contribution in [0.4, 0.5) is 11.4 Å². The highest BCUT2D eigenvalue weighted by Gasteiger charge is 2.21. The predicted molar refractivity (Wildman–Crippen MR) is 143 cm³/mol. The van der Waals surface area contributed by atoms with Crippen LogP contribution in [-0.4, -0.2) is 20.6 Å². The van der Waals surface area contributed by atoms with Crippen molar-refractivity contribution >= 4 is 27.3 Å². The average molecular weight is 485 g/mol. The fourth-order valence-electron chi connectivity index (χ4n) is 4.14. The van der Waals surface area contributed by atoms with Gasteiger partial charge in [-0.05, 0) is 54.3 Å². The Hall–Kier alpha value is -3.90. The molecule has 0 atom stereocenters. The summed E-state index contributed by atoms with van der Waals surface area (Å²) in [6.07, 6.45) is 1.21. The van der Waals surface area contributed by atoms with Gasteiger partial charge in [0.1, 0.15) is 0 Å². The Bertz CT molecular complexity index is 1430. The first kappa shape index (κ1) is 24.2. The monoisotopic (exact) mass is 484 g/mol. The third kappa shape index (κ3) is 5.61. The van der Waals surface area contributed by atoms with E-state index in [1.165, 1.54) is 10.6 Å². The van der Waals surface area contributed by atoms with Crippen LogP contribution >= 0.6 is 0 Å². The molecule has 0 fully saturated rings. The second kappa shape index (κ2) is 10.2. The number of carbonyl (C=O) groups is 1. The minimum atomic E-state index is -3.51. The van der Waals surface area contributed by atoms with Gasteiger partial charge >= 0.3 is 0 Å². The lowest BCUT2D eigenvalue weighted by Crippen LogP contribution is -2.30. The highest BCUT2D eigenvalue weighted by atomic mass is 32.2. The average Bonchev–Trinajstić information content (AvgIpc) is 2.84. The van der Waals surface area contributed by atoms with Crippen LogP contribution in [0, 0.1) is 13.8 Å². The number of nitrogens with zero attached hydrogens (tertiary/aromatic N) is 1. The lowest BCUT2D eigenvalue weighted by molar-refractivity contribution is 0.102. The summed E-state index contributed by atoms with van der Waals surface area (Å²) in [6, 6.07) is 30.3. The van der Waals surface area contributed by atoms with Gasteiger partial charge in [0.15, 0.2) is 0 Å². The summed E-state index contributed by atoms with van der Waals surface area (Å²) in [5.74, 6) is -0.227. The summed E-state index contributed by atoms with van der Waals surface area (Å²) < 4.78 is 26.7. The van der Waals surface area contributed by atoms with Gasteiger partial charge in [0.2, 0.25) is 10.0 Å². The summed E-state index contributed by atoms with van der Waals surface area (Å²) in [4.78, 5) is 13.0. The molecule has 4 rings (SSSR count). The number of amides is 1. The van der Waals surface area contributed by atoms with Crippen molar-refractivity contribution in [1.29, 1.82) is 0 Å². The lowest BCUT2D eigenvalue weighted by atomic mass is 10.0. The highest BCUT2D eigenvalue weighted by molar-refractivity contribution is 7.92. The minimum Gasteiger partial charge on any atom is -0.321 e. The zero-order chi connectivity index (χ0) is 25.0. The molecule has 0 unspecified atom stereocenters. The summed E-state index contributed by atoms with van der Waals surface area (Å²) >= 11 is 0. The van der Waals surface area contributed by atoms with E-state index in [0.29, 0.717) is 11.3 Å². The van der Waals surface area contributed by atoms with E-state index < -0.39 is 10.0 Å². The smallest absolute Gasteiger partial charge is 0.255 e. The van der Waals surface area contributed by atoms with Crippen molar-refractivity contribution in [2.24, 2.45) is 0 Å². The first-order valence-electron chi connectivity index (χ1n) is 11.3. The molecular weight excluding hydrogens is 456 g/mol. The molecule has 0 aliphatic carbocycles. The fraction of sp³-hybridized carbons (Fsp3) is 0.138. The van der Waals surface area contributed by atoms with E-state index in [1.807, 2.05) is 86.6 Å². The van der Waals surface area contributed by atoms with E-state index in [1.54, 1.807) is 24.3 Å². The first-order chi connectivity index (χ1) is 16.7. The number of aryl methyl sites for hydroxylation is 2. The van der Waals surface area contributed by atoms with Gasteiger partial charge in [0.05, 0.1) is 18.5 Å². The molecule has 0 spiro atoms. The second-order valence-corrected chi connectivity index (χ2v) is 10.5. The van der Waals surface area contributed by atoms with Gasteiger partial charge in [-0.2, -0.15) is 0 Å². The molecule has 0 saturated heterocycles. The molecule has 0 aliphatic rings. The Labute approximate surface area is 207 Å². The maximum absolute atomic E-state index is 13.0. The number of anilines is 2. The number of nitrogens with one attached hydrogen (secondary N) is 1. The van der Waals surface area contributed by atoms with Crippen LogP contribution in [0.15, 0.2) is 97.1 Å². The zero-order valence-corrected chi connectivity index (χ0v) is 20.8. The SMILES string of the molecule is Cc1cccc(C)c1N(Cc1ccc(C(=O)Nc2ccccc2-c2ccccc2)cc1)S(C)(=O)=O. The predicted octanol–water partition coefficient (Wildman–Crippen LogP) is 6.19. The van der Waals surface area contributed by atoms with Crippen LogP contribution in [0.2, 0.25) is 0 Å². The minimum absolute atomic E-state index is 0.184. The zero-order valence-electron chi connectivity index (χ0n) is 20.0. The molecule has 5 nitrogen and oxygen atoms in total. The molecule has 6 heteroatoms. The molecule has 0 aromatic heterocycles. The molecule has 35 heavy (non-hydrogen) atoms. The Kier molecular flexibility index (Phi) is 7.03. The molecule has 0 heterocycles. The van der Waals surface area contributed by atoms with Gasteiger partial charge in [-0.3, -0.25) is 9.10 Å². The van der Waals surface area contributed by atoms with Crippen LogP contribution in [0.1, 0.15) is 27.0 Å². The third-order valence-electron chi connectivity index (χ3n) is 5.89. The number of sulfonamides is 1. The van der Waals surface area contributed by atoms with Gasteiger partial charge < -0.3 is 5.32 Å². The van der Waals surface area contributed by atoms with Crippen molar-refractivity contribution in [3.8, 4) is 11.1 Å². The second-order valence-electron chi connectivity index (χ2n) is 8.57. The fourth-order valence-corrected chi connectivity index (χ4v) is 5.15. The van der Waals surface area contributed by atoms with Crippen LogP contribution in [0.5, 0.6) is 0 Å². The maximum atomic E-state index is 13.0. The van der Waals surface area contributed by atoms with E-state index in [0.717, 1.165) is 33.5 Å². The molecule has 1 amide bonds.